The van der Waals surface area contributed by atoms with Crippen LogP contribution in [0.5, 0.6) is 5.75 Å². The van der Waals surface area contributed by atoms with Crippen LogP contribution in [0.3, 0.4) is 0 Å². The molecule has 2 aromatic carbocycles. The van der Waals surface area contributed by atoms with Gasteiger partial charge in [-0.15, -0.1) is 0 Å². The van der Waals surface area contributed by atoms with Crippen LogP contribution in [0.1, 0.15) is 35.8 Å². The fourth-order valence-electron chi connectivity index (χ4n) is 2.16. The van der Waals surface area contributed by atoms with Crippen molar-refractivity contribution in [3.8, 4) is 5.75 Å². The standard InChI is InChI=1S/C18H17BrFNO3/c1-11(13-3-5-14(19)6-4-13)21-18(23)10-24-17-8-7-15(20)9-16(17)12(2)22/h3-9,11H,10H2,1-2H3,(H,21,23). The molecule has 0 fully saturated rings. The molecule has 0 saturated heterocycles. The van der Waals surface area contributed by atoms with Gasteiger partial charge in [-0.05, 0) is 49.7 Å². The maximum absolute atomic E-state index is 13.2. The Morgan fingerprint density at radius 1 is 1.21 bits per heavy atom. The number of halogens is 2. The van der Waals surface area contributed by atoms with Gasteiger partial charge in [-0.25, -0.2) is 4.39 Å². The second-order valence-corrected chi connectivity index (χ2v) is 6.24. The third-order valence-corrected chi connectivity index (χ3v) is 3.96. The minimum atomic E-state index is -0.527. The average molecular weight is 394 g/mol. The summed E-state index contributed by atoms with van der Waals surface area (Å²) in [4.78, 5) is 23.5. The summed E-state index contributed by atoms with van der Waals surface area (Å²) in [5.41, 5.74) is 1.07. The molecule has 2 rings (SSSR count). The van der Waals surface area contributed by atoms with E-state index in [0.29, 0.717) is 0 Å². The van der Waals surface area contributed by atoms with Crippen molar-refractivity contribution in [2.45, 2.75) is 19.9 Å². The molecule has 0 saturated carbocycles. The van der Waals surface area contributed by atoms with E-state index in [-0.39, 0.29) is 35.7 Å². The molecule has 0 spiro atoms. The molecule has 0 bridgehead atoms. The molecule has 126 valence electrons. The van der Waals surface area contributed by atoms with E-state index in [1.54, 1.807) is 0 Å². The Kier molecular flexibility index (Phi) is 6.09. The Labute approximate surface area is 148 Å². The van der Waals surface area contributed by atoms with Crippen molar-refractivity contribution in [3.05, 3.63) is 63.9 Å². The van der Waals surface area contributed by atoms with E-state index in [9.17, 15) is 14.0 Å². The quantitative estimate of drug-likeness (QED) is 0.753. The van der Waals surface area contributed by atoms with E-state index in [1.165, 1.54) is 19.1 Å². The monoisotopic (exact) mass is 393 g/mol. The van der Waals surface area contributed by atoms with Crippen LogP contribution in [-0.4, -0.2) is 18.3 Å². The molecule has 1 amide bonds. The molecule has 4 nitrogen and oxygen atoms in total. The molecule has 2 aromatic rings. The lowest BCUT2D eigenvalue weighted by Crippen LogP contribution is -2.31. The number of hydrogen-bond acceptors (Lipinski definition) is 3. The summed E-state index contributed by atoms with van der Waals surface area (Å²) in [5.74, 6) is -0.992. The molecule has 0 aliphatic carbocycles. The van der Waals surface area contributed by atoms with Gasteiger partial charge in [0.15, 0.2) is 12.4 Å². The van der Waals surface area contributed by atoms with Gasteiger partial charge in [0, 0.05) is 4.47 Å². The number of nitrogens with one attached hydrogen (secondary N) is 1. The van der Waals surface area contributed by atoms with Crippen LogP contribution >= 0.6 is 15.9 Å². The lowest BCUT2D eigenvalue weighted by Gasteiger charge is -2.15. The lowest BCUT2D eigenvalue weighted by molar-refractivity contribution is -0.123. The normalized spacial score (nSPS) is 11.7. The van der Waals surface area contributed by atoms with E-state index < -0.39 is 5.82 Å². The molecule has 0 heterocycles. The molecule has 0 radical (unpaired) electrons. The van der Waals surface area contributed by atoms with Gasteiger partial charge in [0.25, 0.3) is 5.91 Å². The highest BCUT2D eigenvalue weighted by Gasteiger charge is 2.13. The highest BCUT2D eigenvalue weighted by Crippen LogP contribution is 2.20. The van der Waals surface area contributed by atoms with Crippen molar-refractivity contribution >= 4 is 27.6 Å². The maximum Gasteiger partial charge on any atom is 0.258 e. The average Bonchev–Trinajstić information content (AvgIpc) is 2.54. The zero-order chi connectivity index (χ0) is 17.7. The first-order valence-corrected chi connectivity index (χ1v) is 8.14. The van der Waals surface area contributed by atoms with Crippen molar-refractivity contribution in [2.24, 2.45) is 0 Å². The largest absolute Gasteiger partial charge is 0.483 e. The van der Waals surface area contributed by atoms with Crippen molar-refractivity contribution < 1.29 is 18.7 Å². The third kappa shape index (κ3) is 4.89. The fraction of sp³-hybridized carbons (Fsp3) is 0.222. The molecule has 1 unspecified atom stereocenters. The van der Waals surface area contributed by atoms with Gasteiger partial charge in [-0.2, -0.15) is 0 Å². The predicted molar refractivity (Wildman–Crippen MR) is 92.6 cm³/mol. The maximum atomic E-state index is 13.2. The molecule has 24 heavy (non-hydrogen) atoms. The van der Waals surface area contributed by atoms with E-state index in [1.807, 2.05) is 31.2 Å². The van der Waals surface area contributed by atoms with Gasteiger partial charge in [0.1, 0.15) is 11.6 Å². The zero-order valence-electron chi connectivity index (χ0n) is 13.3. The molecule has 0 aliphatic rings. The van der Waals surface area contributed by atoms with Crippen LogP contribution in [0.4, 0.5) is 4.39 Å². The summed E-state index contributed by atoms with van der Waals surface area (Å²) in [7, 11) is 0. The number of Topliss-reactive ketones (excluding diaryl/α,β-unsaturated/α-hetero) is 1. The molecule has 0 aliphatic heterocycles. The molecule has 6 heteroatoms. The van der Waals surface area contributed by atoms with Crippen LogP contribution in [-0.2, 0) is 4.79 Å². The van der Waals surface area contributed by atoms with Crippen molar-refractivity contribution in [2.75, 3.05) is 6.61 Å². The second kappa shape index (κ2) is 8.06. The lowest BCUT2D eigenvalue weighted by atomic mass is 10.1. The Morgan fingerprint density at radius 3 is 2.50 bits per heavy atom. The van der Waals surface area contributed by atoms with Gasteiger partial charge >= 0.3 is 0 Å². The number of carbonyl (C=O) groups excluding carboxylic acids is 2. The van der Waals surface area contributed by atoms with Crippen LogP contribution in [0.2, 0.25) is 0 Å². The van der Waals surface area contributed by atoms with Gasteiger partial charge < -0.3 is 10.1 Å². The molecular weight excluding hydrogens is 377 g/mol. The highest BCUT2D eigenvalue weighted by molar-refractivity contribution is 9.10. The first-order chi connectivity index (χ1) is 11.4. The highest BCUT2D eigenvalue weighted by atomic mass is 79.9. The molecular formula is C18H17BrFNO3. The first kappa shape index (κ1) is 18.1. The number of amides is 1. The summed E-state index contributed by atoms with van der Waals surface area (Å²) in [6.45, 7) is 2.92. The number of rotatable bonds is 6. The summed E-state index contributed by atoms with van der Waals surface area (Å²) >= 11 is 3.36. The van der Waals surface area contributed by atoms with E-state index in [4.69, 9.17) is 4.74 Å². The SMILES string of the molecule is CC(=O)c1cc(F)ccc1OCC(=O)NC(C)c1ccc(Br)cc1. The Balaban J connectivity index is 1.96. The Morgan fingerprint density at radius 2 is 1.88 bits per heavy atom. The number of carbonyl (C=O) groups is 2. The van der Waals surface area contributed by atoms with Crippen molar-refractivity contribution in [1.82, 2.24) is 5.32 Å². The van der Waals surface area contributed by atoms with E-state index in [0.717, 1.165) is 16.1 Å². The summed E-state index contributed by atoms with van der Waals surface area (Å²) in [5, 5.41) is 2.81. The smallest absolute Gasteiger partial charge is 0.258 e. The third-order valence-electron chi connectivity index (χ3n) is 3.43. The summed E-state index contributed by atoms with van der Waals surface area (Å²) < 4.78 is 19.5. The minimum Gasteiger partial charge on any atom is -0.483 e. The van der Waals surface area contributed by atoms with Crippen LogP contribution in [0, 0.1) is 5.82 Å². The van der Waals surface area contributed by atoms with Crippen molar-refractivity contribution in [1.29, 1.82) is 0 Å². The number of benzene rings is 2. The molecule has 0 aromatic heterocycles. The number of hydrogen-bond donors (Lipinski definition) is 1. The molecule has 1 N–H and O–H groups in total. The summed E-state index contributed by atoms with van der Waals surface area (Å²) in [6, 6.07) is 11.0. The van der Waals surface area contributed by atoms with Crippen LogP contribution < -0.4 is 10.1 Å². The number of ether oxygens (including phenoxy) is 1. The number of ketones is 1. The second-order valence-electron chi connectivity index (χ2n) is 5.33. The van der Waals surface area contributed by atoms with Crippen molar-refractivity contribution in [3.63, 3.8) is 0 Å². The Bertz CT molecular complexity index is 746. The van der Waals surface area contributed by atoms with Gasteiger partial charge in [0.05, 0.1) is 11.6 Å². The minimum absolute atomic E-state index is 0.115. The van der Waals surface area contributed by atoms with Crippen LogP contribution in [0.15, 0.2) is 46.9 Å². The fourth-order valence-corrected chi connectivity index (χ4v) is 2.43. The predicted octanol–water partition coefficient (Wildman–Crippen LogP) is 4.05. The van der Waals surface area contributed by atoms with E-state index in [2.05, 4.69) is 21.2 Å². The summed E-state index contributed by atoms with van der Waals surface area (Å²) in [6.07, 6.45) is 0. The first-order valence-electron chi connectivity index (χ1n) is 7.35. The molecule has 1 atom stereocenters. The van der Waals surface area contributed by atoms with Gasteiger partial charge in [-0.1, -0.05) is 28.1 Å². The Hall–Kier alpha value is -2.21. The zero-order valence-corrected chi connectivity index (χ0v) is 14.9. The van der Waals surface area contributed by atoms with E-state index >= 15 is 0 Å². The van der Waals surface area contributed by atoms with Gasteiger partial charge in [-0.3, -0.25) is 9.59 Å². The van der Waals surface area contributed by atoms with Crippen LogP contribution in [0.25, 0.3) is 0 Å². The van der Waals surface area contributed by atoms with Gasteiger partial charge in [0.2, 0.25) is 0 Å². The topological polar surface area (TPSA) is 55.4 Å².